The summed E-state index contributed by atoms with van der Waals surface area (Å²) >= 11 is 0. The molecule has 0 saturated carbocycles. The third kappa shape index (κ3) is 3.19. The van der Waals surface area contributed by atoms with Gasteiger partial charge >= 0.3 is 0 Å². The Labute approximate surface area is 90.4 Å². The predicted octanol–water partition coefficient (Wildman–Crippen LogP) is 1.43. The zero-order chi connectivity index (χ0) is 11.1. The summed E-state index contributed by atoms with van der Waals surface area (Å²) in [5.41, 5.74) is 1.14. The molecule has 15 heavy (non-hydrogen) atoms. The van der Waals surface area contributed by atoms with Gasteiger partial charge in [0, 0.05) is 6.54 Å². The third-order valence-electron chi connectivity index (χ3n) is 1.92. The van der Waals surface area contributed by atoms with E-state index < -0.39 is 0 Å². The maximum atomic E-state index is 5.33. The van der Waals surface area contributed by atoms with E-state index in [1.165, 1.54) is 0 Å². The fourth-order valence-electron chi connectivity index (χ4n) is 1.26. The number of nitrogens with one attached hydrogen (secondary N) is 1. The molecule has 0 bridgehead atoms. The lowest BCUT2D eigenvalue weighted by Crippen LogP contribution is -2.05. The third-order valence-corrected chi connectivity index (χ3v) is 1.92. The van der Waals surface area contributed by atoms with Gasteiger partial charge in [0.2, 0.25) is 0 Å². The van der Waals surface area contributed by atoms with Crippen LogP contribution in [0.3, 0.4) is 0 Å². The molecule has 3 heteroatoms. The molecule has 1 aromatic rings. The first-order valence-corrected chi connectivity index (χ1v) is 4.69. The van der Waals surface area contributed by atoms with Gasteiger partial charge < -0.3 is 14.8 Å². The van der Waals surface area contributed by atoms with E-state index in [-0.39, 0.29) is 6.61 Å². The topological polar surface area (TPSA) is 30.5 Å². The van der Waals surface area contributed by atoms with E-state index in [9.17, 15) is 0 Å². The normalized spacial score (nSPS) is 9.40. The molecule has 0 heterocycles. The lowest BCUT2D eigenvalue weighted by atomic mass is 10.2. The van der Waals surface area contributed by atoms with Crippen LogP contribution in [0.5, 0.6) is 11.5 Å². The minimum atomic E-state index is 0.252. The number of ether oxygens (including phenoxy) is 2. The molecule has 80 valence electrons. The summed E-state index contributed by atoms with van der Waals surface area (Å²) in [5.74, 6) is 3.80. The smallest absolute Gasteiger partial charge is 0.162 e. The van der Waals surface area contributed by atoms with Crippen molar-refractivity contribution in [3.8, 4) is 23.8 Å². The van der Waals surface area contributed by atoms with Crippen molar-refractivity contribution in [1.82, 2.24) is 5.32 Å². The van der Waals surface area contributed by atoms with Gasteiger partial charge in [0.15, 0.2) is 11.5 Å². The molecule has 0 aliphatic heterocycles. The van der Waals surface area contributed by atoms with Gasteiger partial charge in [-0.3, -0.25) is 0 Å². The standard InChI is InChI=1S/C12H15NO2/c1-4-7-15-11-6-5-10(9-13-2)8-12(11)14-3/h1,5-6,8,13H,7,9H2,2-3H3. The molecule has 0 aromatic heterocycles. The van der Waals surface area contributed by atoms with Gasteiger partial charge in [0.1, 0.15) is 6.61 Å². The van der Waals surface area contributed by atoms with Crippen molar-refractivity contribution in [3.05, 3.63) is 23.8 Å². The van der Waals surface area contributed by atoms with Crippen LogP contribution in [0.1, 0.15) is 5.56 Å². The van der Waals surface area contributed by atoms with Crippen molar-refractivity contribution in [1.29, 1.82) is 0 Å². The molecule has 0 unspecified atom stereocenters. The van der Waals surface area contributed by atoms with Gasteiger partial charge in [-0.1, -0.05) is 12.0 Å². The molecule has 0 saturated heterocycles. The predicted molar refractivity (Wildman–Crippen MR) is 60.1 cm³/mol. The molecule has 1 rings (SSSR count). The summed E-state index contributed by atoms with van der Waals surface area (Å²) in [5, 5.41) is 3.07. The van der Waals surface area contributed by atoms with Crippen LogP contribution in [0, 0.1) is 12.3 Å². The molecule has 0 spiro atoms. The van der Waals surface area contributed by atoms with Gasteiger partial charge in [0.25, 0.3) is 0 Å². The van der Waals surface area contributed by atoms with Gasteiger partial charge in [0.05, 0.1) is 7.11 Å². The first kappa shape index (κ1) is 11.4. The van der Waals surface area contributed by atoms with Crippen molar-refractivity contribution >= 4 is 0 Å². The minimum Gasteiger partial charge on any atom is -0.493 e. The average molecular weight is 205 g/mol. The second kappa shape index (κ2) is 5.94. The van der Waals surface area contributed by atoms with Crippen LogP contribution in [0.25, 0.3) is 0 Å². The first-order chi connectivity index (χ1) is 7.31. The van der Waals surface area contributed by atoms with Crippen LogP contribution in [0.4, 0.5) is 0 Å². The van der Waals surface area contributed by atoms with Crippen molar-refractivity contribution < 1.29 is 9.47 Å². The van der Waals surface area contributed by atoms with Gasteiger partial charge in [-0.15, -0.1) is 6.42 Å². The van der Waals surface area contributed by atoms with Crippen LogP contribution < -0.4 is 14.8 Å². The molecule has 0 amide bonds. The number of terminal acetylenes is 1. The molecule has 0 aliphatic rings. The summed E-state index contributed by atoms with van der Waals surface area (Å²) in [7, 11) is 3.51. The largest absolute Gasteiger partial charge is 0.493 e. The molecule has 1 N–H and O–H groups in total. The maximum Gasteiger partial charge on any atom is 0.162 e. The van der Waals surface area contributed by atoms with Gasteiger partial charge in [-0.25, -0.2) is 0 Å². The van der Waals surface area contributed by atoms with Crippen LogP contribution >= 0.6 is 0 Å². The highest BCUT2D eigenvalue weighted by atomic mass is 16.5. The van der Waals surface area contributed by atoms with E-state index in [0.717, 1.165) is 12.1 Å². The Morgan fingerprint density at radius 3 is 2.80 bits per heavy atom. The van der Waals surface area contributed by atoms with Gasteiger partial charge in [-0.2, -0.15) is 0 Å². The van der Waals surface area contributed by atoms with Crippen LogP contribution in [0.15, 0.2) is 18.2 Å². The zero-order valence-electron chi connectivity index (χ0n) is 9.04. The summed E-state index contributed by atoms with van der Waals surface area (Å²) < 4.78 is 10.5. The van der Waals surface area contributed by atoms with Crippen LogP contribution in [0.2, 0.25) is 0 Å². The van der Waals surface area contributed by atoms with Crippen molar-refractivity contribution in [3.63, 3.8) is 0 Å². The summed E-state index contributed by atoms with van der Waals surface area (Å²) in [6.07, 6.45) is 5.12. The SMILES string of the molecule is C#CCOc1ccc(CNC)cc1OC. The molecular formula is C12H15NO2. The summed E-state index contributed by atoms with van der Waals surface area (Å²) in [6.45, 7) is 1.05. The highest BCUT2D eigenvalue weighted by Gasteiger charge is 2.04. The lowest BCUT2D eigenvalue weighted by molar-refractivity contribution is 0.330. The Bertz CT molecular complexity index is 355. The van der Waals surface area contributed by atoms with Crippen LogP contribution in [-0.2, 0) is 6.54 Å². The quantitative estimate of drug-likeness (QED) is 0.738. The second-order valence-corrected chi connectivity index (χ2v) is 3.01. The Morgan fingerprint density at radius 2 is 2.20 bits per heavy atom. The Kier molecular flexibility index (Phi) is 4.52. The summed E-state index contributed by atoms with van der Waals surface area (Å²) in [6, 6.07) is 5.77. The number of hydrogen-bond donors (Lipinski definition) is 1. The number of methoxy groups -OCH3 is 1. The Hall–Kier alpha value is -1.66. The first-order valence-electron chi connectivity index (χ1n) is 4.69. The van der Waals surface area contributed by atoms with Gasteiger partial charge in [-0.05, 0) is 24.7 Å². The lowest BCUT2D eigenvalue weighted by Gasteiger charge is -2.10. The fourth-order valence-corrected chi connectivity index (χ4v) is 1.26. The van der Waals surface area contributed by atoms with E-state index in [0.29, 0.717) is 11.5 Å². The zero-order valence-corrected chi connectivity index (χ0v) is 9.04. The fraction of sp³-hybridized carbons (Fsp3) is 0.333. The molecule has 0 fully saturated rings. The highest BCUT2D eigenvalue weighted by Crippen LogP contribution is 2.27. The number of rotatable bonds is 5. The Morgan fingerprint density at radius 1 is 1.40 bits per heavy atom. The molecule has 1 aromatic carbocycles. The minimum absolute atomic E-state index is 0.252. The number of benzene rings is 1. The molecule has 0 aliphatic carbocycles. The second-order valence-electron chi connectivity index (χ2n) is 3.01. The average Bonchev–Trinajstić information content (AvgIpc) is 2.27. The van der Waals surface area contributed by atoms with E-state index >= 15 is 0 Å². The molecule has 3 nitrogen and oxygen atoms in total. The van der Waals surface area contributed by atoms with E-state index in [1.54, 1.807) is 7.11 Å². The maximum absolute atomic E-state index is 5.33. The number of hydrogen-bond acceptors (Lipinski definition) is 3. The Balaban J connectivity index is 2.84. The van der Waals surface area contributed by atoms with E-state index in [2.05, 4.69) is 11.2 Å². The van der Waals surface area contributed by atoms with E-state index in [4.69, 9.17) is 15.9 Å². The molecular weight excluding hydrogens is 190 g/mol. The van der Waals surface area contributed by atoms with Crippen molar-refractivity contribution in [2.45, 2.75) is 6.54 Å². The van der Waals surface area contributed by atoms with Crippen molar-refractivity contribution in [2.24, 2.45) is 0 Å². The van der Waals surface area contributed by atoms with Crippen LogP contribution in [-0.4, -0.2) is 20.8 Å². The molecule has 0 radical (unpaired) electrons. The van der Waals surface area contributed by atoms with E-state index in [1.807, 2.05) is 25.2 Å². The molecule has 0 atom stereocenters. The highest BCUT2D eigenvalue weighted by molar-refractivity contribution is 5.43. The monoisotopic (exact) mass is 205 g/mol. The summed E-state index contributed by atoms with van der Waals surface area (Å²) in [4.78, 5) is 0. The van der Waals surface area contributed by atoms with Crippen molar-refractivity contribution in [2.75, 3.05) is 20.8 Å².